The van der Waals surface area contributed by atoms with Crippen molar-refractivity contribution in [3.8, 4) is 0 Å². The largest absolute Gasteiger partial charge is 0.417 e. The summed E-state index contributed by atoms with van der Waals surface area (Å²) >= 11 is 6.11. The molecule has 0 aliphatic rings. The molecule has 0 atom stereocenters. The maximum absolute atomic E-state index is 6.11. The average molecular weight is 188 g/mol. The van der Waals surface area contributed by atoms with Crippen LogP contribution < -0.4 is 4.84 Å². The van der Waals surface area contributed by atoms with Gasteiger partial charge in [-0.25, -0.2) is 0 Å². The lowest BCUT2D eigenvalue weighted by atomic mass is 10.2. The number of nitrogens with zero attached hydrogens (tertiary/aromatic N) is 1. The molecule has 3 heteroatoms. The van der Waals surface area contributed by atoms with E-state index in [2.05, 4.69) is 13.8 Å². The highest BCUT2D eigenvalue weighted by molar-refractivity contribution is 6.32. The second-order valence-electron chi connectivity index (χ2n) is 2.63. The van der Waals surface area contributed by atoms with Gasteiger partial charge in [0.05, 0.1) is 10.7 Å². The number of halogens is 1. The summed E-state index contributed by atoms with van der Waals surface area (Å²) in [6.45, 7) is 4.15. The van der Waals surface area contributed by atoms with Crippen LogP contribution in [0.1, 0.15) is 25.1 Å². The Morgan fingerprint density at radius 1 is 1.42 bits per heavy atom. The van der Waals surface area contributed by atoms with Crippen LogP contribution in [0.15, 0.2) is 6.20 Å². The van der Waals surface area contributed by atoms with E-state index in [9.17, 15) is 0 Å². The fourth-order valence-corrected chi connectivity index (χ4v) is 1.68. The topological polar surface area (TPSA) is 14.2 Å². The lowest BCUT2D eigenvalue weighted by molar-refractivity contribution is 0.160. The fourth-order valence-electron chi connectivity index (χ4n) is 1.28. The smallest absolute Gasteiger partial charge is 0.104 e. The van der Waals surface area contributed by atoms with Gasteiger partial charge < -0.3 is 4.84 Å². The lowest BCUT2D eigenvalue weighted by Crippen LogP contribution is -2.07. The highest BCUT2D eigenvalue weighted by Crippen LogP contribution is 2.23. The molecule has 0 radical (unpaired) electrons. The van der Waals surface area contributed by atoms with Gasteiger partial charge in [-0.2, -0.15) is 4.73 Å². The van der Waals surface area contributed by atoms with Crippen molar-refractivity contribution in [2.45, 2.75) is 26.7 Å². The molecule has 12 heavy (non-hydrogen) atoms. The van der Waals surface area contributed by atoms with Crippen LogP contribution in [-0.4, -0.2) is 11.8 Å². The van der Waals surface area contributed by atoms with Crippen molar-refractivity contribution in [1.82, 2.24) is 4.73 Å². The molecule has 0 saturated heterocycles. The van der Waals surface area contributed by atoms with Crippen molar-refractivity contribution in [3.63, 3.8) is 0 Å². The molecule has 0 bridgehead atoms. The second kappa shape index (κ2) is 3.85. The Morgan fingerprint density at radius 2 is 2.08 bits per heavy atom. The van der Waals surface area contributed by atoms with Crippen LogP contribution in [0.5, 0.6) is 0 Å². The van der Waals surface area contributed by atoms with Crippen LogP contribution in [0.3, 0.4) is 0 Å². The SMILES string of the molecule is CCc1cn(OC)c(CC)c1Cl. The molecule has 0 fully saturated rings. The van der Waals surface area contributed by atoms with Crippen LogP contribution in [0, 0.1) is 0 Å². The van der Waals surface area contributed by atoms with Crippen molar-refractivity contribution in [2.24, 2.45) is 0 Å². The van der Waals surface area contributed by atoms with E-state index >= 15 is 0 Å². The Balaban J connectivity index is 3.13. The van der Waals surface area contributed by atoms with E-state index in [0.29, 0.717) is 0 Å². The van der Waals surface area contributed by atoms with Crippen molar-refractivity contribution >= 4 is 11.6 Å². The maximum Gasteiger partial charge on any atom is 0.104 e. The Hall–Kier alpha value is -0.630. The van der Waals surface area contributed by atoms with E-state index in [-0.39, 0.29) is 0 Å². The summed E-state index contributed by atoms with van der Waals surface area (Å²) in [5.41, 5.74) is 2.20. The number of aryl methyl sites for hydroxylation is 1. The second-order valence-corrected chi connectivity index (χ2v) is 3.01. The van der Waals surface area contributed by atoms with E-state index in [1.54, 1.807) is 11.8 Å². The highest BCUT2D eigenvalue weighted by atomic mass is 35.5. The van der Waals surface area contributed by atoms with Crippen molar-refractivity contribution in [2.75, 3.05) is 7.11 Å². The predicted octanol–water partition coefficient (Wildman–Crippen LogP) is 2.32. The van der Waals surface area contributed by atoms with Crippen LogP contribution in [0.2, 0.25) is 5.02 Å². The van der Waals surface area contributed by atoms with Gasteiger partial charge in [0.15, 0.2) is 0 Å². The maximum atomic E-state index is 6.11. The summed E-state index contributed by atoms with van der Waals surface area (Å²) in [6, 6.07) is 0. The van der Waals surface area contributed by atoms with Gasteiger partial charge in [0.25, 0.3) is 0 Å². The Bertz CT molecular complexity index is 268. The number of hydrogen-bond donors (Lipinski definition) is 0. The highest BCUT2D eigenvalue weighted by Gasteiger charge is 2.10. The van der Waals surface area contributed by atoms with E-state index < -0.39 is 0 Å². The van der Waals surface area contributed by atoms with Gasteiger partial charge in [-0.3, -0.25) is 0 Å². The van der Waals surface area contributed by atoms with Gasteiger partial charge >= 0.3 is 0 Å². The van der Waals surface area contributed by atoms with Gasteiger partial charge in [0, 0.05) is 6.20 Å². The minimum atomic E-state index is 0.849. The van der Waals surface area contributed by atoms with Crippen molar-refractivity contribution < 1.29 is 4.84 Å². The molecule has 68 valence electrons. The van der Waals surface area contributed by atoms with E-state index in [1.807, 2.05) is 6.20 Å². The zero-order chi connectivity index (χ0) is 9.14. The van der Waals surface area contributed by atoms with Gasteiger partial charge in [0.1, 0.15) is 7.11 Å². The predicted molar refractivity (Wildman–Crippen MR) is 50.7 cm³/mol. The summed E-state index contributed by atoms with van der Waals surface area (Å²) in [4.78, 5) is 5.13. The Labute approximate surface area is 78.0 Å². The minimum absolute atomic E-state index is 0.849. The molecule has 1 rings (SSSR count). The molecule has 0 aliphatic carbocycles. The third-order valence-electron chi connectivity index (χ3n) is 1.99. The molecule has 0 aromatic carbocycles. The molecule has 0 saturated carbocycles. The van der Waals surface area contributed by atoms with E-state index in [1.165, 1.54) is 0 Å². The minimum Gasteiger partial charge on any atom is -0.417 e. The zero-order valence-electron chi connectivity index (χ0n) is 7.72. The molecular weight excluding hydrogens is 174 g/mol. The Kier molecular flexibility index (Phi) is 3.04. The summed E-state index contributed by atoms with van der Waals surface area (Å²) in [5.74, 6) is 0. The van der Waals surface area contributed by atoms with Crippen LogP contribution >= 0.6 is 11.6 Å². The van der Waals surface area contributed by atoms with Gasteiger partial charge in [0.2, 0.25) is 0 Å². The molecule has 0 spiro atoms. The summed E-state index contributed by atoms with van der Waals surface area (Å²) < 4.78 is 1.74. The molecule has 0 N–H and O–H groups in total. The van der Waals surface area contributed by atoms with Gasteiger partial charge in [-0.15, -0.1) is 0 Å². The van der Waals surface area contributed by atoms with Crippen LogP contribution in [0.25, 0.3) is 0 Å². The molecule has 0 amide bonds. The van der Waals surface area contributed by atoms with Crippen LogP contribution in [0.4, 0.5) is 0 Å². The first-order chi connectivity index (χ1) is 5.74. The molecule has 2 nitrogen and oxygen atoms in total. The number of aromatic nitrogens is 1. The molecule has 0 unspecified atom stereocenters. The van der Waals surface area contributed by atoms with Gasteiger partial charge in [-0.05, 0) is 18.4 Å². The molecule has 1 aromatic heterocycles. The van der Waals surface area contributed by atoms with Crippen LogP contribution in [-0.2, 0) is 12.8 Å². The standard InChI is InChI=1S/C9H14ClNO/c1-4-7-6-11(12-3)8(5-2)9(7)10/h6H,4-5H2,1-3H3. The molecule has 1 heterocycles. The monoisotopic (exact) mass is 187 g/mol. The summed E-state index contributed by atoms with van der Waals surface area (Å²) in [7, 11) is 1.65. The summed E-state index contributed by atoms with van der Waals surface area (Å²) in [5, 5.41) is 0.849. The molecule has 0 aliphatic heterocycles. The zero-order valence-corrected chi connectivity index (χ0v) is 8.48. The normalized spacial score (nSPS) is 10.3. The molecule has 1 aromatic rings. The van der Waals surface area contributed by atoms with E-state index in [0.717, 1.165) is 29.1 Å². The number of hydrogen-bond acceptors (Lipinski definition) is 1. The average Bonchev–Trinajstić information content (AvgIpc) is 2.41. The quantitative estimate of drug-likeness (QED) is 0.709. The van der Waals surface area contributed by atoms with Crippen molar-refractivity contribution in [3.05, 3.63) is 22.5 Å². The first-order valence-electron chi connectivity index (χ1n) is 4.17. The van der Waals surface area contributed by atoms with E-state index in [4.69, 9.17) is 16.4 Å². The first-order valence-corrected chi connectivity index (χ1v) is 4.55. The third-order valence-corrected chi connectivity index (χ3v) is 2.45. The van der Waals surface area contributed by atoms with Crippen molar-refractivity contribution in [1.29, 1.82) is 0 Å². The first kappa shape index (κ1) is 9.46. The molecular formula is C9H14ClNO. The Morgan fingerprint density at radius 3 is 2.42 bits per heavy atom. The third kappa shape index (κ3) is 1.44. The number of rotatable bonds is 3. The van der Waals surface area contributed by atoms with Gasteiger partial charge in [-0.1, -0.05) is 25.4 Å². The summed E-state index contributed by atoms with van der Waals surface area (Å²) in [6.07, 6.45) is 3.79. The lowest BCUT2D eigenvalue weighted by Gasteiger charge is -2.03. The fraction of sp³-hybridized carbons (Fsp3) is 0.556.